The number of carbonyl (C=O) groups is 11. The van der Waals surface area contributed by atoms with Crippen molar-refractivity contribution in [3.63, 3.8) is 0 Å². The molecule has 0 aliphatic carbocycles. The number of rotatable bonds is 18. The summed E-state index contributed by atoms with van der Waals surface area (Å²) in [5, 5.41) is 23.5. The van der Waals surface area contributed by atoms with E-state index in [1.165, 1.54) is 87.7 Å². The summed E-state index contributed by atoms with van der Waals surface area (Å²) in [6.45, 7) is 34.1. The number of aliphatic hydroxyl groups excluding tert-OH is 1. The summed E-state index contributed by atoms with van der Waals surface area (Å²) in [7, 11) is 9.90. The zero-order valence-corrected chi connectivity index (χ0v) is 61.4. The molecule has 532 valence electrons. The molecule has 0 aromatic heterocycles. The lowest BCUT2D eigenvalue weighted by molar-refractivity contribution is -0.237. The van der Waals surface area contributed by atoms with Gasteiger partial charge in [-0.1, -0.05) is 109 Å². The van der Waals surface area contributed by atoms with Crippen molar-refractivity contribution < 1.29 is 62.6 Å². The number of likely N-dealkylation sites (N-methyl/N-ethyl adjacent to an activating group) is 7. The third-order valence-corrected chi connectivity index (χ3v) is 18.3. The number of allylic oxidation sites excluding steroid dienone is 2. The second-order valence-electron chi connectivity index (χ2n) is 29.0. The van der Waals surface area contributed by atoms with Crippen LogP contribution in [0.15, 0.2) is 12.2 Å². The molecule has 0 saturated carbocycles. The van der Waals surface area contributed by atoms with Gasteiger partial charge in [-0.15, -0.1) is 0 Å². The van der Waals surface area contributed by atoms with Gasteiger partial charge in [-0.3, -0.25) is 57.6 Å². The zero-order valence-electron chi connectivity index (χ0n) is 61.4. The van der Waals surface area contributed by atoms with E-state index in [0.717, 1.165) is 9.80 Å². The molecule has 93 heavy (non-hydrogen) atoms. The molecule has 0 aromatic rings. The van der Waals surface area contributed by atoms with Crippen molar-refractivity contribution in [1.82, 2.24) is 60.5 Å². The van der Waals surface area contributed by atoms with Crippen LogP contribution in [0.2, 0.25) is 0 Å². The van der Waals surface area contributed by atoms with Crippen molar-refractivity contribution in [2.24, 2.45) is 41.4 Å². The molecule has 25 heteroatoms. The monoisotopic (exact) mass is 1310 g/mol. The van der Waals surface area contributed by atoms with Crippen molar-refractivity contribution in [2.45, 2.75) is 248 Å². The highest BCUT2D eigenvalue weighted by atomic mass is 16.5. The molecule has 5 N–H and O–H groups in total. The molecule has 12 atom stereocenters. The fourth-order valence-electron chi connectivity index (χ4n) is 12.1. The molecular weight excluding hydrogens is 1190 g/mol. The van der Waals surface area contributed by atoms with E-state index >= 15 is 19.2 Å². The fourth-order valence-corrected chi connectivity index (χ4v) is 12.1. The van der Waals surface area contributed by atoms with Gasteiger partial charge in [0.15, 0.2) is 0 Å². The highest BCUT2D eigenvalue weighted by Gasteiger charge is 2.57. The predicted octanol–water partition coefficient (Wildman–Crippen LogP) is 3.71. The lowest BCUT2D eigenvalue weighted by Gasteiger charge is -2.52. The molecule has 0 unspecified atom stereocenters. The number of nitrogens with one attached hydrogen (secondary N) is 4. The summed E-state index contributed by atoms with van der Waals surface area (Å²) in [5.41, 5.74) is -2.22. The standard InChI is InChI=1S/C68H122N12O13/c1-27-29-30-45(17)57(82)56-61(86)71-49(28-2)63(88)73(20)37-54(81)74(21)50(31-38(3)4)60(85)72-55(42(11)12)66(91)75(22)51(32-39(5)6)59(84)69-46(18)58(83)70-47(19)62(87)76(23)52(33-40(7)8)64(89)77(24)53(34-41(9)10)65(90)79(26)68(43(13)14,67(92)78(56)25)93-48-35-80(36-48)44(15)16/h27,29,38-53,55-57,82H,28,30-37H2,1-26H3,(H,69,84)(H,70,83)(H,71,86)(H,72,85)/b29-27+/t45-,46+,47-,49+,50+,51+,52+,53+,55+,56+,57-,68+/m1/s1. The summed E-state index contributed by atoms with van der Waals surface area (Å²) in [6, 6.07) is -11.4. The fraction of sp³-hybridized carbons (Fsp3) is 0.809. The first kappa shape index (κ1) is 82.9. The van der Waals surface area contributed by atoms with Gasteiger partial charge in [0.25, 0.3) is 5.91 Å². The van der Waals surface area contributed by atoms with Crippen molar-refractivity contribution >= 4 is 65.0 Å². The van der Waals surface area contributed by atoms with Crippen LogP contribution in [0.25, 0.3) is 0 Å². The number of carbonyl (C=O) groups excluding carboxylic acids is 11. The average Bonchev–Trinajstić information content (AvgIpc) is 0.754. The minimum Gasteiger partial charge on any atom is -0.390 e. The molecule has 2 saturated heterocycles. The number of hydrogen-bond donors (Lipinski definition) is 5. The molecule has 11 amide bonds. The minimum atomic E-state index is -2.22. The number of likely N-dealkylation sites (tertiary alicyclic amines) is 1. The lowest BCUT2D eigenvalue weighted by atomic mass is 9.89. The number of aliphatic hydroxyl groups is 1. The SMILES string of the molecule is C/C=C/C[C@@H](C)[C@@H](O)[C@H]1C(=O)N[C@@H](CC)C(=O)N(C)CC(=O)N(C)[C@@H](CC(C)C)C(=O)N[C@@H](C(C)C)C(=O)N(C)[C@@H](CC(C)C)C(=O)N[C@@H](C)C(=O)N[C@H](C)C(=O)N(C)[C@@H](CC(C)C)C(=O)N(C)[C@@H](CC(C)C)C(=O)N(C)[C@](OC2CN(C(C)C)C2)(C(C)C)C(=O)N1C. The van der Waals surface area contributed by atoms with Crippen LogP contribution in [-0.2, 0) is 57.5 Å². The molecule has 2 aliphatic rings. The normalized spacial score (nSPS) is 27.7. The minimum absolute atomic E-state index is 0.00644. The maximum atomic E-state index is 16.2. The van der Waals surface area contributed by atoms with Gasteiger partial charge >= 0.3 is 0 Å². The molecule has 2 fully saturated rings. The highest BCUT2D eigenvalue weighted by molar-refractivity contribution is 6.00. The first-order valence-corrected chi connectivity index (χ1v) is 33.7. The largest absolute Gasteiger partial charge is 0.390 e. The van der Waals surface area contributed by atoms with Gasteiger partial charge < -0.3 is 65.4 Å². The number of nitrogens with zero attached hydrogens (tertiary/aromatic N) is 8. The highest BCUT2D eigenvalue weighted by Crippen LogP contribution is 2.36. The Morgan fingerprint density at radius 1 is 0.538 bits per heavy atom. The Morgan fingerprint density at radius 2 is 0.989 bits per heavy atom. The van der Waals surface area contributed by atoms with E-state index in [-0.39, 0.29) is 68.2 Å². The summed E-state index contributed by atoms with van der Waals surface area (Å²) in [6.07, 6.45) is 2.17. The molecule has 2 aliphatic heterocycles. The molecule has 0 bridgehead atoms. The number of ether oxygens (including phenoxy) is 1. The van der Waals surface area contributed by atoms with Gasteiger partial charge in [0.05, 0.1) is 18.8 Å². The Labute approximate surface area is 556 Å². The molecular formula is C68H122N12O13. The van der Waals surface area contributed by atoms with E-state index in [4.69, 9.17) is 4.74 Å². The molecule has 25 nitrogen and oxygen atoms in total. The smallest absolute Gasteiger partial charge is 0.276 e. The van der Waals surface area contributed by atoms with Gasteiger partial charge in [-0.25, -0.2) is 0 Å². The number of amides is 11. The summed E-state index contributed by atoms with van der Waals surface area (Å²) < 4.78 is 7.02. The van der Waals surface area contributed by atoms with Crippen molar-refractivity contribution in [3.8, 4) is 0 Å². The van der Waals surface area contributed by atoms with E-state index in [0.29, 0.717) is 13.1 Å². The first-order chi connectivity index (χ1) is 43.0. The topological polar surface area (TPSA) is 291 Å². The molecule has 0 spiro atoms. The second-order valence-corrected chi connectivity index (χ2v) is 29.0. The van der Waals surface area contributed by atoms with Crippen LogP contribution in [0.4, 0.5) is 0 Å². The Balaban J connectivity index is 3.14. The Kier molecular flexibility index (Phi) is 32.6. The maximum absolute atomic E-state index is 16.2. The summed E-state index contributed by atoms with van der Waals surface area (Å²) >= 11 is 0. The van der Waals surface area contributed by atoms with Crippen LogP contribution >= 0.6 is 0 Å². The van der Waals surface area contributed by atoms with Gasteiger partial charge in [-0.05, 0) is 109 Å². The Hall–Kier alpha value is -6.21. The third kappa shape index (κ3) is 21.7. The van der Waals surface area contributed by atoms with Crippen LogP contribution in [0.1, 0.15) is 170 Å². The Morgan fingerprint density at radius 3 is 1.45 bits per heavy atom. The van der Waals surface area contributed by atoms with Crippen LogP contribution in [0, 0.1) is 41.4 Å². The van der Waals surface area contributed by atoms with Crippen LogP contribution in [0.3, 0.4) is 0 Å². The number of hydrogen-bond acceptors (Lipinski definition) is 14. The van der Waals surface area contributed by atoms with Crippen molar-refractivity contribution in [1.29, 1.82) is 0 Å². The quantitative estimate of drug-likeness (QED) is 0.122. The van der Waals surface area contributed by atoms with Crippen LogP contribution in [0.5, 0.6) is 0 Å². The maximum Gasteiger partial charge on any atom is 0.276 e. The first-order valence-electron chi connectivity index (χ1n) is 33.7. The van der Waals surface area contributed by atoms with Gasteiger partial charge in [-0.2, -0.15) is 0 Å². The third-order valence-electron chi connectivity index (χ3n) is 18.3. The van der Waals surface area contributed by atoms with E-state index in [2.05, 4.69) is 26.2 Å². The molecule has 0 radical (unpaired) electrons. The van der Waals surface area contributed by atoms with Gasteiger partial charge in [0.1, 0.15) is 54.4 Å². The average molecular weight is 1320 g/mol. The lowest BCUT2D eigenvalue weighted by Crippen LogP contribution is -2.72. The van der Waals surface area contributed by atoms with E-state index in [1.54, 1.807) is 54.5 Å². The van der Waals surface area contributed by atoms with Crippen LogP contribution < -0.4 is 21.3 Å². The van der Waals surface area contributed by atoms with Gasteiger partial charge in [0.2, 0.25) is 64.8 Å². The zero-order chi connectivity index (χ0) is 71.8. The molecule has 2 heterocycles. The van der Waals surface area contributed by atoms with Crippen molar-refractivity contribution in [2.75, 3.05) is 69.0 Å². The summed E-state index contributed by atoms with van der Waals surface area (Å²) in [5.74, 6) is -10.6. The predicted molar refractivity (Wildman–Crippen MR) is 359 cm³/mol. The van der Waals surface area contributed by atoms with Crippen LogP contribution in [-0.4, -0.2) is 257 Å². The van der Waals surface area contributed by atoms with E-state index in [1.807, 2.05) is 75.3 Å². The molecule has 0 aromatic carbocycles. The molecule has 2 rings (SSSR count). The Bertz CT molecular complexity index is 2590. The van der Waals surface area contributed by atoms with E-state index < -0.39 is 162 Å². The van der Waals surface area contributed by atoms with Crippen molar-refractivity contribution in [3.05, 3.63) is 12.2 Å². The van der Waals surface area contributed by atoms with E-state index in [9.17, 15) is 38.7 Å². The van der Waals surface area contributed by atoms with Gasteiger partial charge in [0, 0.05) is 74.4 Å². The summed E-state index contributed by atoms with van der Waals surface area (Å²) in [4.78, 5) is 174. The second kappa shape index (κ2) is 36.6.